The van der Waals surface area contributed by atoms with Crippen LogP contribution in [-0.2, 0) is 9.53 Å². The molecule has 1 aromatic carbocycles. The van der Waals surface area contributed by atoms with Crippen LogP contribution in [0.3, 0.4) is 0 Å². The third-order valence-electron chi connectivity index (χ3n) is 1.57. The first-order valence-electron chi connectivity index (χ1n) is 3.89. The van der Waals surface area contributed by atoms with Crippen LogP contribution >= 0.6 is 23.2 Å². The van der Waals surface area contributed by atoms with Crippen LogP contribution in [0.15, 0.2) is 12.1 Å². The van der Waals surface area contributed by atoms with Crippen LogP contribution in [0.4, 0.5) is 5.69 Å². The van der Waals surface area contributed by atoms with Gasteiger partial charge in [-0.05, 0) is 12.1 Å². The average molecular weight is 244 g/mol. The number of esters is 1. The monoisotopic (exact) mass is 243 g/mol. The van der Waals surface area contributed by atoms with E-state index in [9.17, 15) is 4.79 Å². The highest BCUT2D eigenvalue weighted by Gasteiger charge is 2.03. The molecule has 15 heavy (non-hydrogen) atoms. The predicted molar refractivity (Wildman–Crippen MR) is 59.8 cm³/mol. The van der Waals surface area contributed by atoms with E-state index in [1.165, 1.54) is 19.2 Å². The second kappa shape index (κ2) is 4.92. The molecular formula is C10H7Cl2NO2. The van der Waals surface area contributed by atoms with Gasteiger partial charge in [0.1, 0.15) is 0 Å². The summed E-state index contributed by atoms with van der Waals surface area (Å²) in [4.78, 5) is 10.7. The van der Waals surface area contributed by atoms with Crippen molar-refractivity contribution in [3.8, 4) is 11.8 Å². The van der Waals surface area contributed by atoms with E-state index < -0.39 is 5.97 Å². The van der Waals surface area contributed by atoms with Gasteiger partial charge < -0.3 is 10.5 Å². The molecule has 0 atom stereocenters. The lowest BCUT2D eigenvalue weighted by molar-refractivity contribution is -0.133. The van der Waals surface area contributed by atoms with Crippen LogP contribution in [0.5, 0.6) is 0 Å². The summed E-state index contributed by atoms with van der Waals surface area (Å²) in [5, 5.41) is 0.605. The molecule has 0 aliphatic carbocycles. The highest BCUT2D eigenvalue weighted by Crippen LogP contribution is 2.28. The molecule has 0 saturated carbocycles. The summed E-state index contributed by atoms with van der Waals surface area (Å²) in [6.45, 7) is 0. The molecule has 2 N–H and O–H groups in total. The highest BCUT2D eigenvalue weighted by molar-refractivity contribution is 6.39. The first-order valence-corrected chi connectivity index (χ1v) is 4.64. The second-order valence-electron chi connectivity index (χ2n) is 2.60. The van der Waals surface area contributed by atoms with Gasteiger partial charge in [0.2, 0.25) is 0 Å². The molecule has 0 aromatic heterocycles. The van der Waals surface area contributed by atoms with Gasteiger partial charge in [-0.1, -0.05) is 29.1 Å². The van der Waals surface area contributed by atoms with Crippen molar-refractivity contribution in [2.75, 3.05) is 12.8 Å². The van der Waals surface area contributed by atoms with Crippen molar-refractivity contribution >= 4 is 34.9 Å². The summed E-state index contributed by atoms with van der Waals surface area (Å²) in [7, 11) is 1.25. The van der Waals surface area contributed by atoms with E-state index >= 15 is 0 Å². The molecule has 0 unspecified atom stereocenters. The minimum atomic E-state index is -0.626. The largest absolute Gasteiger partial charge is 0.459 e. The molecule has 78 valence electrons. The summed E-state index contributed by atoms with van der Waals surface area (Å²) in [6.07, 6.45) is 0. The maximum absolute atomic E-state index is 10.7. The molecule has 0 bridgehead atoms. The van der Waals surface area contributed by atoms with Gasteiger partial charge in [-0.2, -0.15) is 0 Å². The van der Waals surface area contributed by atoms with E-state index in [2.05, 4.69) is 16.6 Å². The molecule has 0 aliphatic heterocycles. The highest BCUT2D eigenvalue weighted by atomic mass is 35.5. The fraction of sp³-hybridized carbons (Fsp3) is 0.100. The molecule has 0 radical (unpaired) electrons. The van der Waals surface area contributed by atoms with Gasteiger partial charge in [-0.25, -0.2) is 4.79 Å². The Morgan fingerprint density at radius 3 is 2.40 bits per heavy atom. The number of carbonyl (C=O) groups is 1. The maximum Gasteiger partial charge on any atom is 0.384 e. The van der Waals surface area contributed by atoms with Crippen LogP contribution in [-0.4, -0.2) is 13.1 Å². The Morgan fingerprint density at radius 1 is 1.40 bits per heavy atom. The van der Waals surface area contributed by atoms with E-state index in [1.54, 1.807) is 0 Å². The molecule has 3 nitrogen and oxygen atoms in total. The van der Waals surface area contributed by atoms with Crippen LogP contribution in [0.2, 0.25) is 10.0 Å². The number of methoxy groups -OCH3 is 1. The van der Waals surface area contributed by atoms with Crippen molar-refractivity contribution in [1.82, 2.24) is 0 Å². The van der Waals surface area contributed by atoms with Gasteiger partial charge in [-0.15, -0.1) is 0 Å². The van der Waals surface area contributed by atoms with Gasteiger partial charge in [0.25, 0.3) is 0 Å². The molecular weight excluding hydrogens is 237 g/mol. The molecule has 0 heterocycles. The van der Waals surface area contributed by atoms with Crippen LogP contribution in [0, 0.1) is 11.8 Å². The number of nitrogen functional groups attached to an aromatic ring is 1. The molecule has 0 aliphatic rings. The summed E-state index contributed by atoms with van der Waals surface area (Å²) in [5.41, 5.74) is 6.33. The van der Waals surface area contributed by atoms with Gasteiger partial charge in [0.05, 0.1) is 22.8 Å². The fourth-order valence-electron chi connectivity index (χ4n) is 0.831. The van der Waals surface area contributed by atoms with E-state index in [1.807, 2.05) is 0 Å². The molecule has 0 spiro atoms. The molecule has 5 heteroatoms. The number of rotatable bonds is 0. The number of anilines is 1. The van der Waals surface area contributed by atoms with Crippen molar-refractivity contribution in [2.24, 2.45) is 0 Å². The Bertz CT molecular complexity index is 437. The Kier molecular flexibility index (Phi) is 3.84. The first kappa shape index (κ1) is 11.7. The smallest absolute Gasteiger partial charge is 0.384 e. The fourth-order valence-corrected chi connectivity index (χ4v) is 1.32. The number of benzene rings is 1. The average Bonchev–Trinajstić information content (AvgIpc) is 2.22. The lowest BCUT2D eigenvalue weighted by atomic mass is 10.2. The quantitative estimate of drug-likeness (QED) is 0.432. The Labute approximate surface area is 97.1 Å². The minimum absolute atomic E-state index is 0.293. The number of nitrogens with two attached hydrogens (primary N) is 1. The van der Waals surface area contributed by atoms with Gasteiger partial charge >= 0.3 is 5.97 Å². The predicted octanol–water partition coefficient (Wildman–Crippen LogP) is 2.10. The summed E-state index contributed by atoms with van der Waals surface area (Å²) in [6, 6.07) is 3.05. The van der Waals surface area contributed by atoms with E-state index in [0.717, 1.165) is 0 Å². The molecule has 0 amide bonds. The normalized spacial score (nSPS) is 9.00. The van der Waals surface area contributed by atoms with E-state index in [0.29, 0.717) is 21.3 Å². The minimum Gasteiger partial charge on any atom is -0.459 e. The lowest BCUT2D eigenvalue weighted by Crippen LogP contribution is -1.95. The van der Waals surface area contributed by atoms with Gasteiger partial charge in [0, 0.05) is 11.5 Å². The standard InChI is InChI=1S/C10H7Cl2NO2/c1-15-9(14)3-2-6-4-7(11)10(13)8(12)5-6/h4-5H,13H2,1H3. The van der Waals surface area contributed by atoms with Crippen molar-refractivity contribution in [3.05, 3.63) is 27.7 Å². The molecule has 1 aromatic rings. The molecule has 0 fully saturated rings. The van der Waals surface area contributed by atoms with E-state index in [4.69, 9.17) is 28.9 Å². The zero-order valence-corrected chi connectivity index (χ0v) is 9.32. The van der Waals surface area contributed by atoms with Gasteiger partial charge in [-0.3, -0.25) is 0 Å². The third-order valence-corrected chi connectivity index (χ3v) is 2.20. The Balaban J connectivity index is 3.06. The van der Waals surface area contributed by atoms with Crippen molar-refractivity contribution in [3.63, 3.8) is 0 Å². The first-order chi connectivity index (χ1) is 7.04. The van der Waals surface area contributed by atoms with Crippen molar-refractivity contribution in [1.29, 1.82) is 0 Å². The third kappa shape index (κ3) is 3.05. The summed E-state index contributed by atoms with van der Waals surface area (Å²) >= 11 is 11.5. The SMILES string of the molecule is COC(=O)C#Cc1cc(Cl)c(N)c(Cl)c1. The summed E-state index contributed by atoms with van der Waals surface area (Å²) in [5.74, 6) is 4.18. The summed E-state index contributed by atoms with van der Waals surface area (Å²) < 4.78 is 4.35. The number of hydrogen-bond acceptors (Lipinski definition) is 3. The zero-order valence-electron chi connectivity index (χ0n) is 7.80. The maximum atomic E-state index is 10.7. The van der Waals surface area contributed by atoms with Crippen LogP contribution in [0.25, 0.3) is 0 Å². The van der Waals surface area contributed by atoms with Crippen LogP contribution in [0.1, 0.15) is 5.56 Å². The number of ether oxygens (including phenoxy) is 1. The Morgan fingerprint density at radius 2 is 1.93 bits per heavy atom. The zero-order chi connectivity index (χ0) is 11.4. The number of halogens is 2. The van der Waals surface area contributed by atoms with Crippen molar-refractivity contribution in [2.45, 2.75) is 0 Å². The second-order valence-corrected chi connectivity index (χ2v) is 3.41. The number of hydrogen-bond donors (Lipinski definition) is 1. The van der Waals surface area contributed by atoms with Gasteiger partial charge in [0.15, 0.2) is 0 Å². The number of carbonyl (C=O) groups excluding carboxylic acids is 1. The topological polar surface area (TPSA) is 52.3 Å². The van der Waals surface area contributed by atoms with E-state index in [-0.39, 0.29) is 0 Å². The van der Waals surface area contributed by atoms with Crippen molar-refractivity contribution < 1.29 is 9.53 Å². The Hall–Kier alpha value is -1.37. The molecule has 0 saturated heterocycles. The van der Waals surface area contributed by atoms with Crippen LogP contribution < -0.4 is 5.73 Å². The lowest BCUT2D eigenvalue weighted by Gasteiger charge is -2.00. The molecule has 1 rings (SSSR count).